The summed E-state index contributed by atoms with van der Waals surface area (Å²) >= 11 is 6.42. The Morgan fingerprint density at radius 1 is 1.28 bits per heavy atom. The normalized spacial score (nSPS) is 12.2. The van der Waals surface area contributed by atoms with Gasteiger partial charge in [0.05, 0.1) is 23.9 Å². The summed E-state index contributed by atoms with van der Waals surface area (Å²) < 4.78 is 13.3. The van der Waals surface area contributed by atoms with E-state index < -0.39 is 0 Å². The highest BCUT2D eigenvalue weighted by Gasteiger charge is 2.15. The molecule has 2 rings (SSSR count). The quantitative estimate of drug-likeness (QED) is 0.714. The van der Waals surface area contributed by atoms with E-state index in [4.69, 9.17) is 21.1 Å². The minimum absolute atomic E-state index is 0.194. The summed E-state index contributed by atoms with van der Waals surface area (Å²) in [7, 11) is 1.94. The van der Waals surface area contributed by atoms with Crippen molar-refractivity contribution >= 4 is 11.6 Å². The Morgan fingerprint density at radius 3 is 2.64 bits per heavy atom. The fourth-order valence-corrected chi connectivity index (χ4v) is 3.04. The van der Waals surface area contributed by atoms with E-state index in [1.165, 1.54) is 5.56 Å². The van der Waals surface area contributed by atoms with Gasteiger partial charge < -0.3 is 14.8 Å². The Balaban J connectivity index is 2.12. The number of hydrogen-bond donors (Lipinski definition) is 1. The molecule has 1 N–H and O–H groups in total. The molecule has 0 radical (unpaired) electrons. The second-order valence-corrected chi connectivity index (χ2v) is 6.54. The van der Waals surface area contributed by atoms with Crippen molar-refractivity contribution in [2.75, 3.05) is 13.2 Å². The van der Waals surface area contributed by atoms with E-state index in [1.807, 2.05) is 43.9 Å². The average molecular weight is 366 g/mol. The molecule has 2 aromatic rings. The molecule has 5 nitrogen and oxygen atoms in total. The van der Waals surface area contributed by atoms with Crippen molar-refractivity contribution in [3.05, 3.63) is 40.2 Å². The number of aromatic nitrogens is 2. The first-order valence-electron chi connectivity index (χ1n) is 8.77. The van der Waals surface area contributed by atoms with Crippen molar-refractivity contribution in [2.24, 2.45) is 7.05 Å². The van der Waals surface area contributed by atoms with Crippen LogP contribution in [-0.4, -0.2) is 23.0 Å². The lowest BCUT2D eigenvalue weighted by Crippen LogP contribution is -2.18. The van der Waals surface area contributed by atoms with E-state index in [1.54, 1.807) is 0 Å². The van der Waals surface area contributed by atoms with Gasteiger partial charge in [-0.1, -0.05) is 18.5 Å². The highest BCUT2D eigenvalue weighted by molar-refractivity contribution is 6.32. The standard InChI is InChI=1S/C19H28ClN3O2/c1-6-8-25-19-17(20)9-15(10-18(19)24-7-2)11-21-13(3)16-12-23(5)22-14(16)4/h9-10,12-13,21H,6-8,11H2,1-5H3. The number of benzene rings is 1. The predicted molar refractivity (Wildman–Crippen MR) is 102 cm³/mol. The summed E-state index contributed by atoms with van der Waals surface area (Å²) in [5.74, 6) is 1.33. The van der Waals surface area contributed by atoms with Crippen LogP contribution in [0.4, 0.5) is 0 Å². The summed E-state index contributed by atoms with van der Waals surface area (Å²) in [4.78, 5) is 0. The first-order chi connectivity index (χ1) is 12.0. The van der Waals surface area contributed by atoms with Gasteiger partial charge in [-0.25, -0.2) is 0 Å². The van der Waals surface area contributed by atoms with Crippen LogP contribution in [0.2, 0.25) is 5.02 Å². The minimum Gasteiger partial charge on any atom is -0.490 e. The Labute approximate surface area is 155 Å². The fourth-order valence-electron chi connectivity index (χ4n) is 2.75. The van der Waals surface area contributed by atoms with Crippen molar-refractivity contribution in [3.8, 4) is 11.5 Å². The lowest BCUT2D eigenvalue weighted by molar-refractivity contribution is 0.277. The van der Waals surface area contributed by atoms with E-state index >= 15 is 0 Å². The monoisotopic (exact) mass is 365 g/mol. The van der Waals surface area contributed by atoms with Gasteiger partial charge in [0.1, 0.15) is 0 Å². The second-order valence-electron chi connectivity index (χ2n) is 6.13. The van der Waals surface area contributed by atoms with Crippen LogP contribution >= 0.6 is 11.6 Å². The number of rotatable bonds is 9. The van der Waals surface area contributed by atoms with E-state index in [0.29, 0.717) is 36.3 Å². The summed E-state index contributed by atoms with van der Waals surface area (Å²) in [6, 6.07) is 4.13. The van der Waals surface area contributed by atoms with Crippen molar-refractivity contribution < 1.29 is 9.47 Å². The van der Waals surface area contributed by atoms with Gasteiger partial charge in [0.25, 0.3) is 0 Å². The highest BCUT2D eigenvalue weighted by atomic mass is 35.5. The van der Waals surface area contributed by atoms with Crippen LogP contribution in [0.1, 0.15) is 50.1 Å². The Hall–Kier alpha value is -1.72. The summed E-state index contributed by atoms with van der Waals surface area (Å²) in [5, 5.41) is 8.50. The molecule has 0 aliphatic heterocycles. The van der Waals surface area contributed by atoms with Gasteiger partial charge in [0.2, 0.25) is 0 Å². The molecule has 1 aromatic carbocycles. The third kappa shape index (κ3) is 5.13. The van der Waals surface area contributed by atoms with Crippen molar-refractivity contribution in [3.63, 3.8) is 0 Å². The van der Waals surface area contributed by atoms with Gasteiger partial charge >= 0.3 is 0 Å². The van der Waals surface area contributed by atoms with E-state index in [2.05, 4.69) is 24.3 Å². The zero-order chi connectivity index (χ0) is 18.4. The largest absolute Gasteiger partial charge is 0.490 e. The lowest BCUT2D eigenvalue weighted by Gasteiger charge is -2.17. The van der Waals surface area contributed by atoms with Crippen LogP contribution in [0.3, 0.4) is 0 Å². The fraction of sp³-hybridized carbons (Fsp3) is 0.526. The third-order valence-electron chi connectivity index (χ3n) is 3.95. The molecule has 0 saturated carbocycles. The van der Waals surface area contributed by atoms with Crippen LogP contribution in [0.25, 0.3) is 0 Å². The number of halogens is 1. The Kier molecular flexibility index (Phi) is 7.14. The van der Waals surface area contributed by atoms with Gasteiger partial charge in [-0.2, -0.15) is 5.10 Å². The van der Waals surface area contributed by atoms with Gasteiger partial charge in [-0.05, 0) is 44.9 Å². The van der Waals surface area contributed by atoms with E-state index in [9.17, 15) is 0 Å². The molecule has 0 saturated heterocycles. The zero-order valence-corrected chi connectivity index (χ0v) is 16.5. The van der Waals surface area contributed by atoms with Gasteiger partial charge in [0, 0.05) is 31.4 Å². The smallest absolute Gasteiger partial charge is 0.179 e. The lowest BCUT2D eigenvalue weighted by atomic mass is 10.1. The van der Waals surface area contributed by atoms with Crippen LogP contribution < -0.4 is 14.8 Å². The zero-order valence-electron chi connectivity index (χ0n) is 15.7. The topological polar surface area (TPSA) is 48.3 Å². The maximum atomic E-state index is 6.42. The highest BCUT2D eigenvalue weighted by Crippen LogP contribution is 2.37. The maximum Gasteiger partial charge on any atom is 0.179 e. The van der Waals surface area contributed by atoms with Crippen LogP contribution in [0.15, 0.2) is 18.3 Å². The van der Waals surface area contributed by atoms with Gasteiger partial charge in [-0.15, -0.1) is 0 Å². The Morgan fingerprint density at radius 2 is 2.04 bits per heavy atom. The molecule has 1 atom stereocenters. The van der Waals surface area contributed by atoms with Crippen LogP contribution in [0, 0.1) is 6.92 Å². The summed E-state index contributed by atoms with van der Waals surface area (Å²) in [5.41, 5.74) is 3.30. The number of ether oxygens (including phenoxy) is 2. The molecule has 1 unspecified atom stereocenters. The summed E-state index contributed by atoms with van der Waals surface area (Å²) in [6.07, 6.45) is 2.97. The molecule has 0 fully saturated rings. The number of nitrogens with one attached hydrogen (secondary N) is 1. The van der Waals surface area contributed by atoms with Crippen LogP contribution in [0.5, 0.6) is 11.5 Å². The molecule has 1 aromatic heterocycles. The van der Waals surface area contributed by atoms with Crippen molar-refractivity contribution in [1.82, 2.24) is 15.1 Å². The SMILES string of the molecule is CCCOc1c(Cl)cc(CNC(C)c2cn(C)nc2C)cc1OCC. The second kappa shape index (κ2) is 9.11. The Bertz CT molecular complexity index is 700. The molecule has 1 heterocycles. The van der Waals surface area contributed by atoms with Crippen LogP contribution in [-0.2, 0) is 13.6 Å². The summed E-state index contributed by atoms with van der Waals surface area (Å²) in [6.45, 7) is 10.0. The first kappa shape index (κ1) is 19.6. The molecule has 138 valence electrons. The third-order valence-corrected chi connectivity index (χ3v) is 4.23. The molecular formula is C19H28ClN3O2. The molecule has 0 aliphatic carbocycles. The van der Waals surface area contributed by atoms with Gasteiger partial charge in [0.15, 0.2) is 11.5 Å². The molecule has 6 heteroatoms. The predicted octanol–water partition coefficient (Wildman–Crippen LogP) is 4.42. The number of hydrogen-bond acceptors (Lipinski definition) is 4. The molecule has 0 bridgehead atoms. The molecular weight excluding hydrogens is 338 g/mol. The first-order valence-corrected chi connectivity index (χ1v) is 9.15. The number of aryl methyl sites for hydroxylation is 2. The number of nitrogens with zero attached hydrogens (tertiary/aromatic N) is 2. The minimum atomic E-state index is 0.194. The average Bonchev–Trinajstić information content (AvgIpc) is 2.90. The molecule has 0 aliphatic rings. The van der Waals surface area contributed by atoms with Gasteiger partial charge in [-0.3, -0.25) is 4.68 Å². The van der Waals surface area contributed by atoms with Crippen molar-refractivity contribution in [1.29, 1.82) is 0 Å². The van der Waals surface area contributed by atoms with Crippen molar-refractivity contribution in [2.45, 2.75) is 46.7 Å². The van der Waals surface area contributed by atoms with E-state index in [0.717, 1.165) is 17.7 Å². The van der Waals surface area contributed by atoms with E-state index in [-0.39, 0.29) is 6.04 Å². The molecule has 0 spiro atoms. The molecule has 0 amide bonds. The maximum absolute atomic E-state index is 6.42. The molecule has 25 heavy (non-hydrogen) atoms.